The third kappa shape index (κ3) is 7.14. The minimum absolute atomic E-state index is 0.202. The van der Waals surface area contributed by atoms with Crippen LogP contribution in [0.3, 0.4) is 0 Å². The zero-order chi connectivity index (χ0) is 24.2. The smallest absolute Gasteiger partial charge is 0.0190 e. The third-order valence-corrected chi connectivity index (χ3v) is 8.67. The van der Waals surface area contributed by atoms with E-state index in [1.165, 1.54) is 62.5 Å². The number of rotatable bonds is 0. The predicted molar refractivity (Wildman–Crippen MR) is 150 cm³/mol. The summed E-state index contributed by atoms with van der Waals surface area (Å²) in [5.41, 5.74) is 12.8. The molecule has 0 aromatic heterocycles. The van der Waals surface area contributed by atoms with Crippen molar-refractivity contribution in [2.24, 2.45) is 0 Å². The van der Waals surface area contributed by atoms with Gasteiger partial charge in [-0.05, 0) is 94.9 Å². The second-order valence-corrected chi connectivity index (χ2v) is 13.4. The highest BCUT2D eigenvalue weighted by atomic mass is 32.2. The van der Waals surface area contributed by atoms with Crippen molar-refractivity contribution in [3.05, 3.63) is 68.8 Å². The van der Waals surface area contributed by atoms with Crippen LogP contribution in [0.15, 0.2) is 24.3 Å². The highest BCUT2D eigenvalue weighted by molar-refractivity contribution is 7.97. The number of hydrogen-bond acceptors (Lipinski definition) is 1. The van der Waals surface area contributed by atoms with Crippen LogP contribution in [0.25, 0.3) is 0 Å². The summed E-state index contributed by atoms with van der Waals surface area (Å²) in [6.45, 7) is 18.9. The quantitative estimate of drug-likeness (QED) is 0.374. The van der Waals surface area contributed by atoms with Gasteiger partial charge in [-0.3, -0.25) is 0 Å². The fourth-order valence-corrected chi connectivity index (χ4v) is 6.12. The Bertz CT molecular complexity index is 859. The van der Waals surface area contributed by atoms with Gasteiger partial charge in [-0.25, -0.2) is 0 Å². The molecule has 0 N–H and O–H groups in total. The number of benzene rings is 2. The maximum Gasteiger partial charge on any atom is 0.0190 e. The van der Waals surface area contributed by atoms with Crippen molar-refractivity contribution in [3.8, 4) is 0 Å². The molecule has 33 heavy (non-hydrogen) atoms. The van der Waals surface area contributed by atoms with E-state index in [1.54, 1.807) is 33.4 Å². The summed E-state index contributed by atoms with van der Waals surface area (Å²) >= 11 is 2.10. The molecule has 0 amide bonds. The molecule has 0 unspecified atom stereocenters. The molecule has 4 bridgehead atoms. The van der Waals surface area contributed by atoms with Crippen molar-refractivity contribution in [3.63, 3.8) is 0 Å². The summed E-state index contributed by atoms with van der Waals surface area (Å²) in [4.78, 5) is 0. The molecule has 182 valence electrons. The second-order valence-electron chi connectivity index (χ2n) is 12.5. The highest BCUT2D eigenvalue weighted by Crippen LogP contribution is 2.33. The molecule has 1 heteroatoms. The SMILES string of the molecule is Cc1c2cc(C(C)(C)C)cc1CSCc1cc(C(C)(C)C)cc(c1C)CCCCCCCC2. The zero-order valence-corrected chi connectivity index (χ0v) is 23.6. The average molecular weight is 465 g/mol. The molecule has 0 radical (unpaired) electrons. The van der Waals surface area contributed by atoms with Crippen LogP contribution in [0, 0.1) is 13.8 Å². The van der Waals surface area contributed by atoms with Gasteiger partial charge >= 0.3 is 0 Å². The van der Waals surface area contributed by atoms with Crippen LogP contribution in [0.5, 0.6) is 0 Å². The van der Waals surface area contributed by atoms with Crippen molar-refractivity contribution >= 4 is 11.8 Å². The van der Waals surface area contributed by atoms with E-state index >= 15 is 0 Å². The zero-order valence-electron chi connectivity index (χ0n) is 22.8. The van der Waals surface area contributed by atoms with Crippen LogP contribution in [-0.2, 0) is 35.2 Å². The standard InChI is InChI=1S/C32H48S/c1-23-25-15-13-11-9-10-12-14-16-26-18-30(32(6,7)8)20-28(24(26)2)22-33-21-27(23)19-29(17-25)31(3,4)5/h17-20H,9-16,21-22H2,1-8H3. The van der Waals surface area contributed by atoms with E-state index in [4.69, 9.17) is 0 Å². The first-order valence-corrected chi connectivity index (χ1v) is 14.5. The molecule has 3 rings (SSSR count). The number of thioether (sulfide) groups is 1. The Balaban J connectivity index is 1.95. The first-order chi connectivity index (χ1) is 15.5. The Labute approximate surface area is 209 Å². The summed E-state index contributed by atoms with van der Waals surface area (Å²) in [5, 5.41) is 0. The summed E-state index contributed by atoms with van der Waals surface area (Å²) in [5.74, 6) is 2.22. The summed E-state index contributed by atoms with van der Waals surface area (Å²) in [6, 6.07) is 10.0. The van der Waals surface area contributed by atoms with E-state index in [0.717, 1.165) is 11.5 Å². The van der Waals surface area contributed by atoms with Gasteiger partial charge in [0.25, 0.3) is 0 Å². The van der Waals surface area contributed by atoms with Gasteiger partial charge in [0, 0.05) is 11.5 Å². The van der Waals surface area contributed by atoms with E-state index in [1.807, 2.05) is 0 Å². The molecule has 0 atom stereocenters. The molecule has 0 saturated carbocycles. The third-order valence-electron chi connectivity index (χ3n) is 7.64. The predicted octanol–water partition coefficient (Wildman–Crippen LogP) is 9.77. The first kappa shape index (κ1) is 26.4. The Morgan fingerprint density at radius 2 is 0.848 bits per heavy atom. The van der Waals surface area contributed by atoms with E-state index in [-0.39, 0.29) is 10.8 Å². The van der Waals surface area contributed by atoms with E-state index in [2.05, 4.69) is 91.4 Å². The van der Waals surface area contributed by atoms with Crippen LogP contribution in [-0.4, -0.2) is 0 Å². The van der Waals surface area contributed by atoms with Gasteiger partial charge in [-0.1, -0.05) is 91.5 Å². The van der Waals surface area contributed by atoms with Gasteiger partial charge in [0.05, 0.1) is 0 Å². The molecule has 0 spiro atoms. The average Bonchev–Trinajstić information content (AvgIpc) is 2.71. The molecule has 0 nitrogen and oxygen atoms in total. The summed E-state index contributed by atoms with van der Waals surface area (Å²) < 4.78 is 0. The van der Waals surface area contributed by atoms with Crippen LogP contribution in [0.1, 0.15) is 125 Å². The first-order valence-electron chi connectivity index (χ1n) is 13.3. The van der Waals surface area contributed by atoms with Crippen LogP contribution in [0.4, 0.5) is 0 Å². The van der Waals surface area contributed by atoms with Gasteiger partial charge in [0.2, 0.25) is 0 Å². The maximum absolute atomic E-state index is 2.51. The van der Waals surface area contributed by atoms with Crippen molar-refractivity contribution < 1.29 is 0 Å². The molecule has 0 aliphatic carbocycles. The van der Waals surface area contributed by atoms with Gasteiger partial charge in [0.15, 0.2) is 0 Å². The monoisotopic (exact) mass is 464 g/mol. The van der Waals surface area contributed by atoms with Gasteiger partial charge in [-0.15, -0.1) is 0 Å². The largest absolute Gasteiger partial charge is 0.152 e. The molecule has 1 aliphatic rings. The molecule has 2 aromatic rings. The van der Waals surface area contributed by atoms with E-state index in [9.17, 15) is 0 Å². The van der Waals surface area contributed by atoms with Crippen LogP contribution in [0.2, 0.25) is 0 Å². The minimum Gasteiger partial charge on any atom is -0.152 e. The molecular formula is C32H48S. The number of fused-ring (bicyclic) bond motifs is 4. The maximum atomic E-state index is 2.51. The van der Waals surface area contributed by atoms with Crippen molar-refractivity contribution in [1.29, 1.82) is 0 Å². The number of hydrogen-bond donors (Lipinski definition) is 0. The van der Waals surface area contributed by atoms with Crippen LogP contribution < -0.4 is 0 Å². The fraction of sp³-hybridized carbons (Fsp3) is 0.625. The van der Waals surface area contributed by atoms with Crippen molar-refractivity contribution in [2.75, 3.05) is 0 Å². The summed E-state index contributed by atoms with van der Waals surface area (Å²) in [7, 11) is 0. The van der Waals surface area contributed by atoms with E-state index in [0.29, 0.717) is 0 Å². The Kier molecular flexibility index (Phi) is 8.82. The van der Waals surface area contributed by atoms with Crippen molar-refractivity contribution in [2.45, 2.75) is 129 Å². The summed E-state index contributed by atoms with van der Waals surface area (Å²) in [6.07, 6.45) is 10.6. The molecule has 1 aliphatic heterocycles. The minimum atomic E-state index is 0.202. The topological polar surface area (TPSA) is 0 Å². The lowest BCUT2D eigenvalue weighted by Gasteiger charge is -2.24. The Morgan fingerprint density at radius 1 is 0.515 bits per heavy atom. The van der Waals surface area contributed by atoms with Crippen molar-refractivity contribution in [1.82, 2.24) is 0 Å². The second kappa shape index (κ2) is 11.0. The normalized spacial score (nSPS) is 17.0. The molecular weight excluding hydrogens is 416 g/mol. The van der Waals surface area contributed by atoms with Gasteiger partial charge in [-0.2, -0.15) is 11.8 Å². The molecule has 0 saturated heterocycles. The van der Waals surface area contributed by atoms with Crippen LogP contribution >= 0.6 is 11.8 Å². The lowest BCUT2D eigenvalue weighted by atomic mass is 9.83. The fourth-order valence-electron chi connectivity index (χ4n) is 4.97. The molecule has 0 fully saturated rings. The Morgan fingerprint density at radius 3 is 1.21 bits per heavy atom. The molecule has 2 aromatic carbocycles. The number of aryl methyl sites for hydroxylation is 2. The Hall–Kier alpha value is -1.21. The lowest BCUT2D eigenvalue weighted by molar-refractivity contribution is 0.580. The molecule has 1 heterocycles. The van der Waals surface area contributed by atoms with E-state index < -0.39 is 0 Å². The van der Waals surface area contributed by atoms with Gasteiger partial charge in [0.1, 0.15) is 0 Å². The highest BCUT2D eigenvalue weighted by Gasteiger charge is 2.19. The van der Waals surface area contributed by atoms with Gasteiger partial charge < -0.3 is 0 Å². The lowest BCUT2D eigenvalue weighted by Crippen LogP contribution is -2.13.